The second kappa shape index (κ2) is 7.82. The van der Waals surface area contributed by atoms with Gasteiger partial charge >= 0.3 is 0 Å². The van der Waals surface area contributed by atoms with Crippen molar-refractivity contribution in [3.63, 3.8) is 0 Å². The molecule has 2 aromatic carbocycles. The summed E-state index contributed by atoms with van der Waals surface area (Å²) in [4.78, 5) is 36.1. The number of amides is 3. The van der Waals surface area contributed by atoms with Crippen molar-refractivity contribution in [3.8, 4) is 0 Å². The van der Waals surface area contributed by atoms with Crippen LogP contribution in [-0.2, 0) is 14.4 Å². The van der Waals surface area contributed by atoms with Gasteiger partial charge in [-0.15, -0.1) is 0 Å². The maximum Gasteiger partial charge on any atom is 0.243 e. The van der Waals surface area contributed by atoms with E-state index in [-0.39, 0.29) is 5.91 Å². The third-order valence-corrected chi connectivity index (χ3v) is 4.57. The molecule has 3 rings (SSSR count). The van der Waals surface area contributed by atoms with Crippen LogP contribution in [0.1, 0.15) is 29.9 Å². The van der Waals surface area contributed by atoms with Gasteiger partial charge in [0.05, 0.1) is 0 Å². The SMILES string of the molecule is NC(=O)[C@@H](NC(=O)[C@@H]1CCC(=O)N1)C(c1ccccc1)c1ccccc1. The molecule has 0 unspecified atom stereocenters. The molecule has 6 heteroatoms. The zero-order chi connectivity index (χ0) is 18.5. The van der Waals surface area contributed by atoms with E-state index in [1.54, 1.807) is 0 Å². The van der Waals surface area contributed by atoms with Crippen LogP contribution in [0.3, 0.4) is 0 Å². The Bertz CT molecular complexity index is 753. The van der Waals surface area contributed by atoms with Crippen LogP contribution in [0.25, 0.3) is 0 Å². The van der Waals surface area contributed by atoms with Crippen molar-refractivity contribution in [1.82, 2.24) is 10.6 Å². The number of hydrogen-bond donors (Lipinski definition) is 3. The van der Waals surface area contributed by atoms with Gasteiger partial charge in [0, 0.05) is 12.3 Å². The standard InChI is InChI=1S/C20H21N3O3/c21-19(25)18(23-20(26)15-11-12-16(24)22-15)17(13-7-3-1-4-8-13)14-9-5-2-6-10-14/h1-10,15,17-18H,11-12H2,(H2,21,25)(H,22,24)(H,23,26)/t15-,18-/m0/s1. The summed E-state index contributed by atoms with van der Waals surface area (Å²) in [6.45, 7) is 0. The van der Waals surface area contributed by atoms with E-state index < -0.39 is 29.8 Å². The van der Waals surface area contributed by atoms with Crippen molar-refractivity contribution < 1.29 is 14.4 Å². The van der Waals surface area contributed by atoms with Crippen molar-refractivity contribution in [2.24, 2.45) is 5.73 Å². The fourth-order valence-corrected chi connectivity index (χ4v) is 3.28. The summed E-state index contributed by atoms with van der Waals surface area (Å²) >= 11 is 0. The van der Waals surface area contributed by atoms with Gasteiger partial charge in [-0.3, -0.25) is 14.4 Å². The molecule has 2 aromatic rings. The molecule has 0 aliphatic carbocycles. The largest absolute Gasteiger partial charge is 0.368 e. The first-order chi connectivity index (χ1) is 12.6. The van der Waals surface area contributed by atoms with E-state index in [0.29, 0.717) is 12.8 Å². The molecule has 6 nitrogen and oxygen atoms in total. The molecule has 1 fully saturated rings. The van der Waals surface area contributed by atoms with E-state index >= 15 is 0 Å². The summed E-state index contributed by atoms with van der Waals surface area (Å²) in [5.74, 6) is -1.60. The van der Waals surface area contributed by atoms with Gasteiger partial charge in [0.2, 0.25) is 17.7 Å². The van der Waals surface area contributed by atoms with Crippen LogP contribution in [0.4, 0.5) is 0 Å². The highest BCUT2D eigenvalue weighted by molar-refractivity contribution is 5.94. The highest BCUT2D eigenvalue weighted by Gasteiger charge is 2.34. The highest BCUT2D eigenvalue weighted by atomic mass is 16.2. The molecule has 1 aliphatic heterocycles. The molecule has 26 heavy (non-hydrogen) atoms. The van der Waals surface area contributed by atoms with E-state index in [9.17, 15) is 14.4 Å². The summed E-state index contributed by atoms with van der Waals surface area (Å²) in [5.41, 5.74) is 7.39. The predicted molar refractivity (Wildman–Crippen MR) is 97.0 cm³/mol. The van der Waals surface area contributed by atoms with E-state index in [0.717, 1.165) is 11.1 Å². The number of benzene rings is 2. The third kappa shape index (κ3) is 3.91. The molecule has 2 atom stereocenters. The summed E-state index contributed by atoms with van der Waals surface area (Å²) in [7, 11) is 0. The maximum atomic E-state index is 12.5. The minimum atomic E-state index is -0.926. The summed E-state index contributed by atoms with van der Waals surface area (Å²) in [5, 5.41) is 5.36. The van der Waals surface area contributed by atoms with E-state index in [1.807, 2.05) is 60.7 Å². The number of primary amides is 1. The lowest BCUT2D eigenvalue weighted by molar-refractivity contribution is -0.129. The zero-order valence-corrected chi connectivity index (χ0v) is 14.2. The molecule has 134 valence electrons. The Kier molecular flexibility index (Phi) is 5.31. The summed E-state index contributed by atoms with van der Waals surface area (Å²) < 4.78 is 0. The first kappa shape index (κ1) is 17.7. The number of nitrogens with one attached hydrogen (secondary N) is 2. The molecule has 1 saturated heterocycles. The Labute approximate surface area is 151 Å². The highest BCUT2D eigenvalue weighted by Crippen LogP contribution is 2.28. The van der Waals surface area contributed by atoms with Crippen LogP contribution in [0.5, 0.6) is 0 Å². The Balaban J connectivity index is 1.92. The third-order valence-electron chi connectivity index (χ3n) is 4.57. The Morgan fingerprint density at radius 3 is 1.96 bits per heavy atom. The number of carbonyl (C=O) groups is 3. The van der Waals surface area contributed by atoms with Gasteiger partial charge in [-0.05, 0) is 17.5 Å². The topological polar surface area (TPSA) is 101 Å². The van der Waals surface area contributed by atoms with Crippen molar-refractivity contribution in [3.05, 3.63) is 71.8 Å². The van der Waals surface area contributed by atoms with Gasteiger partial charge in [0.1, 0.15) is 12.1 Å². The fraction of sp³-hybridized carbons (Fsp3) is 0.250. The van der Waals surface area contributed by atoms with Crippen molar-refractivity contribution in [1.29, 1.82) is 0 Å². The number of hydrogen-bond acceptors (Lipinski definition) is 3. The quantitative estimate of drug-likeness (QED) is 0.725. The second-order valence-electron chi connectivity index (χ2n) is 6.35. The Morgan fingerprint density at radius 1 is 1.00 bits per heavy atom. The number of carbonyl (C=O) groups excluding carboxylic acids is 3. The average molecular weight is 351 g/mol. The lowest BCUT2D eigenvalue weighted by Gasteiger charge is -2.27. The summed E-state index contributed by atoms with van der Waals surface area (Å²) in [6.07, 6.45) is 0.720. The maximum absolute atomic E-state index is 12.5. The minimum Gasteiger partial charge on any atom is -0.368 e. The van der Waals surface area contributed by atoms with Crippen LogP contribution >= 0.6 is 0 Å². The average Bonchev–Trinajstić information content (AvgIpc) is 3.09. The molecular formula is C20H21N3O3. The monoisotopic (exact) mass is 351 g/mol. The van der Waals surface area contributed by atoms with Crippen molar-refractivity contribution >= 4 is 17.7 Å². The molecule has 1 aliphatic rings. The number of nitrogens with two attached hydrogens (primary N) is 1. The molecule has 1 heterocycles. The van der Waals surface area contributed by atoms with Crippen LogP contribution in [0, 0.1) is 0 Å². The van der Waals surface area contributed by atoms with Crippen LogP contribution < -0.4 is 16.4 Å². The fourth-order valence-electron chi connectivity index (χ4n) is 3.28. The molecule has 0 spiro atoms. The van der Waals surface area contributed by atoms with Crippen LogP contribution in [0.2, 0.25) is 0 Å². The van der Waals surface area contributed by atoms with Crippen LogP contribution in [0.15, 0.2) is 60.7 Å². The molecule has 0 radical (unpaired) electrons. The van der Waals surface area contributed by atoms with Gasteiger partial charge in [-0.2, -0.15) is 0 Å². The van der Waals surface area contributed by atoms with E-state index in [4.69, 9.17) is 5.73 Å². The minimum absolute atomic E-state index is 0.163. The van der Waals surface area contributed by atoms with Crippen molar-refractivity contribution in [2.75, 3.05) is 0 Å². The number of rotatable bonds is 6. The first-order valence-corrected chi connectivity index (χ1v) is 8.55. The van der Waals surface area contributed by atoms with Gasteiger partial charge < -0.3 is 16.4 Å². The van der Waals surface area contributed by atoms with Gasteiger partial charge in [-0.25, -0.2) is 0 Å². The lowest BCUT2D eigenvalue weighted by atomic mass is 9.84. The Hall–Kier alpha value is -3.15. The van der Waals surface area contributed by atoms with E-state index in [2.05, 4.69) is 10.6 Å². The molecular weight excluding hydrogens is 330 g/mol. The van der Waals surface area contributed by atoms with Gasteiger partial charge in [0.15, 0.2) is 0 Å². The first-order valence-electron chi connectivity index (χ1n) is 8.55. The van der Waals surface area contributed by atoms with Gasteiger partial charge in [0.25, 0.3) is 0 Å². The van der Waals surface area contributed by atoms with E-state index in [1.165, 1.54) is 0 Å². The Morgan fingerprint density at radius 2 is 1.54 bits per heavy atom. The summed E-state index contributed by atoms with van der Waals surface area (Å²) in [6, 6.07) is 17.3. The molecule has 0 bridgehead atoms. The predicted octanol–water partition coefficient (Wildman–Crippen LogP) is 1.07. The molecule has 0 saturated carbocycles. The smallest absolute Gasteiger partial charge is 0.243 e. The normalized spacial score (nSPS) is 17.6. The van der Waals surface area contributed by atoms with Crippen molar-refractivity contribution in [2.45, 2.75) is 30.8 Å². The zero-order valence-electron chi connectivity index (χ0n) is 14.2. The molecule has 4 N–H and O–H groups in total. The molecule has 3 amide bonds. The van der Waals surface area contributed by atoms with Gasteiger partial charge in [-0.1, -0.05) is 60.7 Å². The molecule has 0 aromatic heterocycles. The lowest BCUT2D eigenvalue weighted by Crippen LogP contribution is -2.53. The van der Waals surface area contributed by atoms with Crippen LogP contribution in [-0.4, -0.2) is 29.8 Å². The second-order valence-corrected chi connectivity index (χ2v) is 6.35.